The highest BCUT2D eigenvalue weighted by Gasteiger charge is 2.34. The maximum atomic E-state index is 12.2. The molecule has 1 unspecified atom stereocenters. The summed E-state index contributed by atoms with van der Waals surface area (Å²) in [6.07, 6.45) is 5.96. The summed E-state index contributed by atoms with van der Waals surface area (Å²) in [5.74, 6) is -0.159. The van der Waals surface area contributed by atoms with E-state index in [1.807, 2.05) is 6.92 Å². The van der Waals surface area contributed by atoms with Gasteiger partial charge in [0.05, 0.1) is 0 Å². The standard InChI is InChI=1S/C20H30N2O4/c1-4-16-14(2)21-20-17(10-9-13-22(20)15(16)3)26-19(25)12-8-6-5-7-11-18(23)24/h17H,3-13H2,1-2H3,(H,23,24). The van der Waals surface area contributed by atoms with Gasteiger partial charge in [0.1, 0.15) is 0 Å². The molecule has 144 valence electrons. The molecule has 0 saturated carbocycles. The molecule has 0 aromatic carbocycles. The van der Waals surface area contributed by atoms with Gasteiger partial charge in [-0.15, -0.1) is 0 Å². The third kappa shape index (κ3) is 5.19. The third-order valence-corrected chi connectivity index (χ3v) is 4.95. The summed E-state index contributed by atoms with van der Waals surface area (Å²) in [7, 11) is 0. The number of carbonyl (C=O) groups is 2. The molecule has 0 spiro atoms. The zero-order valence-corrected chi connectivity index (χ0v) is 15.9. The molecule has 26 heavy (non-hydrogen) atoms. The van der Waals surface area contributed by atoms with Crippen LogP contribution in [-0.4, -0.2) is 40.4 Å². The molecule has 1 saturated heterocycles. The molecule has 1 atom stereocenters. The van der Waals surface area contributed by atoms with E-state index in [1.165, 1.54) is 5.57 Å². The molecule has 0 aromatic heterocycles. The number of carboxylic acid groups (broad SMARTS) is 1. The Bertz CT molecular complexity index is 621. The van der Waals surface area contributed by atoms with E-state index in [0.29, 0.717) is 12.8 Å². The lowest BCUT2D eigenvalue weighted by Gasteiger charge is -2.39. The van der Waals surface area contributed by atoms with E-state index in [2.05, 4.69) is 18.4 Å². The minimum absolute atomic E-state index is 0.193. The number of nitrogens with zero attached hydrogens (tertiary/aromatic N) is 2. The highest BCUT2D eigenvalue weighted by molar-refractivity contribution is 5.93. The first kappa shape index (κ1) is 20.2. The van der Waals surface area contributed by atoms with Crippen molar-refractivity contribution in [1.82, 2.24) is 4.90 Å². The number of piperidine rings is 1. The number of fused-ring (bicyclic) bond motifs is 1. The van der Waals surface area contributed by atoms with E-state index in [-0.39, 0.29) is 18.5 Å². The van der Waals surface area contributed by atoms with Crippen molar-refractivity contribution in [2.24, 2.45) is 4.99 Å². The maximum Gasteiger partial charge on any atom is 0.306 e. The third-order valence-electron chi connectivity index (χ3n) is 4.95. The zero-order valence-electron chi connectivity index (χ0n) is 15.9. The lowest BCUT2D eigenvalue weighted by molar-refractivity contribution is -0.147. The Balaban J connectivity index is 1.85. The Morgan fingerprint density at radius 3 is 2.62 bits per heavy atom. The average molecular weight is 362 g/mol. The molecule has 0 amide bonds. The van der Waals surface area contributed by atoms with Crippen molar-refractivity contribution in [3.05, 3.63) is 23.5 Å². The van der Waals surface area contributed by atoms with Crippen molar-refractivity contribution in [3.63, 3.8) is 0 Å². The number of carbonyl (C=O) groups excluding carboxylic acids is 1. The first-order chi connectivity index (χ1) is 12.4. The maximum absolute atomic E-state index is 12.2. The Labute approximate surface area is 155 Å². The van der Waals surface area contributed by atoms with E-state index in [9.17, 15) is 9.59 Å². The normalized spacial score (nSPS) is 19.9. The SMILES string of the molecule is C=C1C(CC)=C(C)N=C2C(OC(=O)CCCCCCC(=O)O)CCCN12. The number of aliphatic imine (C=N–C) groups is 1. The van der Waals surface area contributed by atoms with Crippen molar-refractivity contribution in [2.75, 3.05) is 6.54 Å². The van der Waals surface area contributed by atoms with E-state index >= 15 is 0 Å². The lowest BCUT2D eigenvalue weighted by Crippen LogP contribution is -2.47. The molecule has 0 aliphatic carbocycles. The molecule has 2 rings (SSSR count). The molecular weight excluding hydrogens is 332 g/mol. The largest absolute Gasteiger partial charge is 0.481 e. The fourth-order valence-corrected chi connectivity index (χ4v) is 3.56. The summed E-state index contributed by atoms with van der Waals surface area (Å²) in [5, 5.41) is 8.61. The highest BCUT2D eigenvalue weighted by atomic mass is 16.5. The minimum Gasteiger partial charge on any atom is -0.481 e. The molecule has 6 nitrogen and oxygen atoms in total. The van der Waals surface area contributed by atoms with Gasteiger partial charge in [0.2, 0.25) is 0 Å². The second kappa shape index (κ2) is 9.55. The predicted molar refractivity (Wildman–Crippen MR) is 101 cm³/mol. The number of carboxylic acids is 1. The monoisotopic (exact) mass is 362 g/mol. The van der Waals surface area contributed by atoms with Gasteiger partial charge < -0.3 is 14.7 Å². The smallest absolute Gasteiger partial charge is 0.306 e. The van der Waals surface area contributed by atoms with Crippen molar-refractivity contribution >= 4 is 17.8 Å². The molecule has 2 heterocycles. The summed E-state index contributed by atoms with van der Waals surface area (Å²) >= 11 is 0. The summed E-state index contributed by atoms with van der Waals surface area (Å²) in [6.45, 7) is 9.16. The number of rotatable bonds is 9. The van der Waals surface area contributed by atoms with Gasteiger partial charge in [-0.25, -0.2) is 4.99 Å². The first-order valence-electron chi connectivity index (χ1n) is 9.60. The molecule has 0 radical (unpaired) electrons. The van der Waals surface area contributed by atoms with Gasteiger partial charge in [0.25, 0.3) is 0 Å². The second-order valence-corrected chi connectivity index (χ2v) is 6.91. The number of aliphatic carboxylic acids is 1. The molecule has 1 N–H and O–H groups in total. The van der Waals surface area contributed by atoms with Gasteiger partial charge >= 0.3 is 11.9 Å². The van der Waals surface area contributed by atoms with Crippen molar-refractivity contribution in [1.29, 1.82) is 0 Å². The predicted octanol–water partition coefficient (Wildman–Crippen LogP) is 4.03. The summed E-state index contributed by atoms with van der Waals surface area (Å²) < 4.78 is 5.70. The van der Waals surface area contributed by atoms with Gasteiger partial charge in [-0.3, -0.25) is 9.59 Å². The molecule has 1 fully saturated rings. The van der Waals surface area contributed by atoms with Crippen LogP contribution in [0.25, 0.3) is 0 Å². The number of hydrogen-bond donors (Lipinski definition) is 1. The van der Waals surface area contributed by atoms with Crippen molar-refractivity contribution in [2.45, 2.75) is 77.7 Å². The highest BCUT2D eigenvalue weighted by Crippen LogP contribution is 2.32. The van der Waals surface area contributed by atoms with Gasteiger partial charge in [-0.1, -0.05) is 26.3 Å². The fraction of sp³-hybridized carbons (Fsp3) is 0.650. The van der Waals surface area contributed by atoms with Crippen LogP contribution in [0, 0.1) is 0 Å². The van der Waals surface area contributed by atoms with Gasteiger partial charge in [0.15, 0.2) is 11.9 Å². The molecule has 0 aromatic rings. The van der Waals surface area contributed by atoms with Crippen molar-refractivity contribution < 1.29 is 19.4 Å². The average Bonchev–Trinajstić information content (AvgIpc) is 2.59. The molecule has 6 heteroatoms. The van der Waals surface area contributed by atoms with Crippen LogP contribution in [0.1, 0.15) is 71.6 Å². The van der Waals surface area contributed by atoms with Crippen LogP contribution in [0.2, 0.25) is 0 Å². The number of unbranched alkanes of at least 4 members (excludes halogenated alkanes) is 3. The molecule has 2 aliphatic rings. The van der Waals surface area contributed by atoms with E-state index in [4.69, 9.17) is 14.8 Å². The Morgan fingerprint density at radius 1 is 1.27 bits per heavy atom. The summed E-state index contributed by atoms with van der Waals surface area (Å²) in [6, 6.07) is 0. The van der Waals surface area contributed by atoms with Crippen LogP contribution in [0.15, 0.2) is 28.5 Å². The van der Waals surface area contributed by atoms with E-state index in [1.54, 1.807) is 0 Å². The Morgan fingerprint density at radius 2 is 1.96 bits per heavy atom. The Hall–Kier alpha value is -2.11. The number of amidine groups is 1. The number of allylic oxidation sites excluding steroid dienone is 2. The van der Waals surface area contributed by atoms with Gasteiger partial charge in [-0.05, 0) is 44.6 Å². The minimum atomic E-state index is -0.767. The van der Waals surface area contributed by atoms with E-state index < -0.39 is 5.97 Å². The number of ether oxygens (including phenoxy) is 1. The van der Waals surface area contributed by atoms with Crippen LogP contribution in [0.5, 0.6) is 0 Å². The molecule has 0 bridgehead atoms. The summed E-state index contributed by atoms with van der Waals surface area (Å²) in [4.78, 5) is 29.5. The first-order valence-corrected chi connectivity index (χ1v) is 9.60. The molecular formula is C20H30N2O4. The van der Waals surface area contributed by atoms with Gasteiger partial charge in [0, 0.05) is 30.8 Å². The zero-order chi connectivity index (χ0) is 19.1. The number of hydrogen-bond acceptors (Lipinski definition) is 5. The van der Waals surface area contributed by atoms with Crippen LogP contribution in [0.4, 0.5) is 0 Å². The van der Waals surface area contributed by atoms with Crippen LogP contribution < -0.4 is 0 Å². The lowest BCUT2D eigenvalue weighted by atomic mass is 9.99. The topological polar surface area (TPSA) is 79.2 Å². The summed E-state index contributed by atoms with van der Waals surface area (Å²) in [5.41, 5.74) is 3.11. The molecule has 2 aliphatic heterocycles. The van der Waals surface area contributed by atoms with Gasteiger partial charge in [-0.2, -0.15) is 0 Å². The quantitative estimate of drug-likeness (QED) is 0.495. The van der Waals surface area contributed by atoms with Crippen molar-refractivity contribution in [3.8, 4) is 0 Å². The van der Waals surface area contributed by atoms with Crippen LogP contribution in [-0.2, 0) is 14.3 Å². The second-order valence-electron chi connectivity index (χ2n) is 6.91. The van der Waals surface area contributed by atoms with Crippen LogP contribution >= 0.6 is 0 Å². The fourth-order valence-electron chi connectivity index (χ4n) is 3.56. The number of esters is 1. The van der Waals surface area contributed by atoms with E-state index in [0.717, 1.165) is 62.3 Å². The Kier molecular flexibility index (Phi) is 7.42. The van der Waals surface area contributed by atoms with Crippen LogP contribution in [0.3, 0.4) is 0 Å².